The van der Waals surface area contributed by atoms with Crippen molar-refractivity contribution in [2.45, 2.75) is 71.9 Å². The number of aromatic nitrogens is 4. The molecule has 1 aliphatic carbocycles. The number of anilines is 1. The number of nitrogens with one attached hydrogen (secondary N) is 1. The molecule has 2 aliphatic heterocycles. The number of rotatable bonds is 9. The highest BCUT2D eigenvalue weighted by atomic mass is 19.1. The highest BCUT2D eigenvalue weighted by Gasteiger charge is 2.43. The summed E-state index contributed by atoms with van der Waals surface area (Å²) >= 11 is 0. The van der Waals surface area contributed by atoms with E-state index in [0.29, 0.717) is 42.9 Å². The second-order valence-corrected chi connectivity index (χ2v) is 11.6. The fraction of sp³-hybridized carbons (Fsp3) is 0.586. The first-order valence-corrected chi connectivity index (χ1v) is 14.2. The SMILES string of the molecule is Cc1nc2c([nH]1)CN(C(=O)Cc1ccc(OCC[C@@H]3C[C@@H]3C3CCN(c4nc(C(C)C)no4)CC3)cc1F)C2. The molecule has 0 radical (unpaired) electrons. The van der Waals surface area contributed by atoms with Crippen LogP contribution in [0.5, 0.6) is 5.75 Å². The highest BCUT2D eigenvalue weighted by molar-refractivity contribution is 5.79. The van der Waals surface area contributed by atoms with Crippen molar-refractivity contribution in [2.75, 3.05) is 24.6 Å². The number of amides is 1. The summed E-state index contributed by atoms with van der Waals surface area (Å²) in [7, 11) is 0. The first-order chi connectivity index (χ1) is 18.8. The molecule has 0 bridgehead atoms. The largest absolute Gasteiger partial charge is 0.493 e. The molecule has 1 N–H and O–H groups in total. The number of hydrogen-bond donors (Lipinski definition) is 1. The maximum Gasteiger partial charge on any atom is 0.324 e. The Morgan fingerprint density at radius 2 is 2.05 bits per heavy atom. The first kappa shape index (κ1) is 25.8. The maximum absolute atomic E-state index is 14.8. The third-order valence-corrected chi connectivity index (χ3v) is 8.49. The van der Waals surface area contributed by atoms with Gasteiger partial charge >= 0.3 is 6.01 Å². The lowest BCUT2D eigenvalue weighted by molar-refractivity contribution is -0.131. The van der Waals surface area contributed by atoms with Gasteiger partial charge < -0.3 is 24.0 Å². The number of ether oxygens (including phenoxy) is 1. The van der Waals surface area contributed by atoms with Gasteiger partial charge in [0.15, 0.2) is 5.82 Å². The van der Waals surface area contributed by atoms with Gasteiger partial charge in [0.2, 0.25) is 5.91 Å². The van der Waals surface area contributed by atoms with E-state index in [0.717, 1.165) is 67.2 Å². The van der Waals surface area contributed by atoms with E-state index < -0.39 is 5.82 Å². The van der Waals surface area contributed by atoms with Crippen LogP contribution >= 0.6 is 0 Å². The number of hydrogen-bond acceptors (Lipinski definition) is 7. The summed E-state index contributed by atoms with van der Waals surface area (Å²) in [5.41, 5.74) is 2.26. The molecule has 208 valence electrons. The number of aromatic amines is 1. The van der Waals surface area contributed by atoms with E-state index in [1.807, 2.05) is 6.92 Å². The van der Waals surface area contributed by atoms with Gasteiger partial charge in [-0.2, -0.15) is 4.98 Å². The van der Waals surface area contributed by atoms with Crippen molar-refractivity contribution in [3.63, 3.8) is 0 Å². The molecule has 1 saturated heterocycles. The zero-order valence-electron chi connectivity index (χ0n) is 23.0. The molecule has 6 rings (SSSR count). The van der Waals surface area contributed by atoms with E-state index in [1.54, 1.807) is 17.0 Å². The van der Waals surface area contributed by atoms with Crippen LogP contribution < -0.4 is 9.64 Å². The van der Waals surface area contributed by atoms with Crippen LogP contribution in [0.15, 0.2) is 22.7 Å². The molecule has 2 aromatic heterocycles. The lowest BCUT2D eigenvalue weighted by Crippen LogP contribution is -2.34. The van der Waals surface area contributed by atoms with Crippen LogP contribution in [0.3, 0.4) is 0 Å². The zero-order chi connectivity index (χ0) is 27.1. The fourth-order valence-electron chi connectivity index (χ4n) is 6.11. The van der Waals surface area contributed by atoms with Gasteiger partial charge in [-0.1, -0.05) is 25.1 Å². The Balaban J connectivity index is 0.914. The summed E-state index contributed by atoms with van der Waals surface area (Å²) in [6.07, 6.45) is 4.55. The molecule has 0 unspecified atom stereocenters. The van der Waals surface area contributed by atoms with Crippen LogP contribution in [0.4, 0.5) is 10.4 Å². The summed E-state index contributed by atoms with van der Waals surface area (Å²) in [4.78, 5) is 28.8. The maximum atomic E-state index is 14.8. The molecule has 1 amide bonds. The number of benzene rings is 1. The van der Waals surface area contributed by atoms with Gasteiger partial charge in [0, 0.05) is 25.1 Å². The molecular weight excluding hydrogens is 499 g/mol. The normalized spacial score (nSPS) is 21.1. The van der Waals surface area contributed by atoms with Crippen molar-refractivity contribution < 1.29 is 18.4 Å². The van der Waals surface area contributed by atoms with E-state index in [4.69, 9.17) is 9.26 Å². The number of aryl methyl sites for hydroxylation is 1. The number of imidazole rings is 1. The van der Waals surface area contributed by atoms with Crippen molar-refractivity contribution in [3.05, 3.63) is 52.6 Å². The molecule has 39 heavy (non-hydrogen) atoms. The minimum absolute atomic E-state index is 0.0311. The van der Waals surface area contributed by atoms with Gasteiger partial charge in [0.25, 0.3) is 0 Å². The molecule has 2 fully saturated rings. The van der Waals surface area contributed by atoms with E-state index in [-0.39, 0.29) is 18.2 Å². The third kappa shape index (κ3) is 5.65. The number of carbonyl (C=O) groups is 1. The number of H-pyrrole nitrogens is 1. The topological polar surface area (TPSA) is 100 Å². The van der Waals surface area contributed by atoms with E-state index >= 15 is 0 Å². The smallest absolute Gasteiger partial charge is 0.324 e. The average molecular weight is 537 g/mol. The molecule has 1 aromatic carbocycles. The van der Waals surface area contributed by atoms with Gasteiger partial charge in [-0.3, -0.25) is 4.79 Å². The van der Waals surface area contributed by atoms with Gasteiger partial charge in [-0.25, -0.2) is 9.37 Å². The number of piperidine rings is 1. The first-order valence-electron chi connectivity index (χ1n) is 14.2. The van der Waals surface area contributed by atoms with E-state index in [2.05, 4.69) is 38.9 Å². The van der Waals surface area contributed by atoms with Crippen LogP contribution in [-0.2, 0) is 24.3 Å². The Hall–Kier alpha value is -3.43. The van der Waals surface area contributed by atoms with E-state index in [9.17, 15) is 9.18 Å². The standard InChI is InChI=1S/C29H37FN6O3/c1-17(2)28-33-29(39-34-28)35-9-6-19(7-10-35)23-12-20(23)8-11-38-22-5-4-21(24(30)14-22)13-27(37)36-15-25-26(16-36)32-18(3)31-25/h4-5,14,17,19-20,23H,6-13,15-16H2,1-3H3,(H,31,32)/t20-,23-/m1/s1. The summed E-state index contributed by atoms with van der Waals surface area (Å²) in [5.74, 6) is 4.07. The molecule has 2 atom stereocenters. The molecule has 3 aliphatic rings. The molecule has 3 aromatic rings. The second-order valence-electron chi connectivity index (χ2n) is 11.6. The summed E-state index contributed by atoms with van der Waals surface area (Å²) in [6, 6.07) is 5.49. The van der Waals surface area contributed by atoms with Crippen molar-refractivity contribution >= 4 is 11.9 Å². The predicted molar refractivity (Wildman–Crippen MR) is 143 cm³/mol. The fourth-order valence-corrected chi connectivity index (χ4v) is 6.11. The van der Waals surface area contributed by atoms with Crippen LogP contribution in [0.2, 0.25) is 0 Å². The van der Waals surface area contributed by atoms with Crippen molar-refractivity contribution in [1.82, 2.24) is 25.0 Å². The molecule has 10 heteroatoms. The summed E-state index contributed by atoms with van der Waals surface area (Å²) < 4.78 is 26.1. The molecule has 0 spiro atoms. The predicted octanol–water partition coefficient (Wildman–Crippen LogP) is 4.77. The van der Waals surface area contributed by atoms with Crippen LogP contribution in [0.25, 0.3) is 0 Å². The van der Waals surface area contributed by atoms with Gasteiger partial charge in [-0.15, -0.1) is 0 Å². The Bertz CT molecular complexity index is 1300. The quantitative estimate of drug-likeness (QED) is 0.420. The van der Waals surface area contributed by atoms with Gasteiger partial charge in [-0.05, 0) is 62.0 Å². The van der Waals surface area contributed by atoms with Crippen LogP contribution in [0.1, 0.15) is 74.0 Å². The van der Waals surface area contributed by atoms with Crippen LogP contribution in [0, 0.1) is 30.5 Å². The Labute approximate surface area is 228 Å². The highest BCUT2D eigenvalue weighted by Crippen LogP contribution is 2.50. The third-order valence-electron chi connectivity index (χ3n) is 8.49. The minimum Gasteiger partial charge on any atom is -0.493 e. The minimum atomic E-state index is -0.398. The van der Waals surface area contributed by atoms with Crippen LogP contribution in [-0.4, -0.2) is 50.6 Å². The lowest BCUT2D eigenvalue weighted by atomic mass is 9.90. The lowest BCUT2D eigenvalue weighted by Gasteiger charge is -2.30. The zero-order valence-corrected chi connectivity index (χ0v) is 23.0. The Morgan fingerprint density at radius 1 is 1.23 bits per heavy atom. The second kappa shape index (κ2) is 10.6. The number of carbonyl (C=O) groups excluding carboxylic acids is 1. The Kier molecular flexibility index (Phi) is 7.03. The molecule has 4 heterocycles. The number of nitrogens with zero attached hydrogens (tertiary/aromatic N) is 5. The monoisotopic (exact) mass is 536 g/mol. The number of fused-ring (bicyclic) bond motifs is 1. The Morgan fingerprint density at radius 3 is 2.77 bits per heavy atom. The van der Waals surface area contributed by atoms with Crippen molar-refractivity contribution in [3.8, 4) is 5.75 Å². The van der Waals surface area contributed by atoms with Gasteiger partial charge in [0.05, 0.1) is 37.5 Å². The molecule has 9 nitrogen and oxygen atoms in total. The van der Waals surface area contributed by atoms with E-state index in [1.165, 1.54) is 12.5 Å². The number of halogens is 1. The summed E-state index contributed by atoms with van der Waals surface area (Å²) in [6.45, 7) is 9.50. The van der Waals surface area contributed by atoms with Crippen molar-refractivity contribution in [2.24, 2.45) is 17.8 Å². The molecular formula is C29H37FN6O3. The van der Waals surface area contributed by atoms with Crippen molar-refractivity contribution in [1.29, 1.82) is 0 Å². The molecule has 1 saturated carbocycles. The van der Waals surface area contributed by atoms with Gasteiger partial charge in [0.1, 0.15) is 17.4 Å². The average Bonchev–Trinajstić information content (AvgIpc) is 3.20. The summed E-state index contributed by atoms with van der Waals surface area (Å²) in [5, 5.41) is 4.09.